The summed E-state index contributed by atoms with van der Waals surface area (Å²) in [5.41, 5.74) is 1.76. The Labute approximate surface area is 110 Å². The molecular formula is C15H13NO3. The van der Waals surface area contributed by atoms with Crippen molar-refractivity contribution in [3.8, 4) is 0 Å². The molecule has 0 amide bonds. The van der Waals surface area contributed by atoms with Gasteiger partial charge >= 0.3 is 0 Å². The summed E-state index contributed by atoms with van der Waals surface area (Å²) in [6.07, 6.45) is 2.36. The summed E-state index contributed by atoms with van der Waals surface area (Å²) >= 11 is 0. The van der Waals surface area contributed by atoms with Gasteiger partial charge in [0.05, 0.1) is 11.1 Å². The number of nitrogens with zero attached hydrogens (tertiary/aromatic N) is 1. The van der Waals surface area contributed by atoms with E-state index in [-0.39, 0.29) is 17.4 Å². The number of aliphatic hydroxyl groups excluding tert-OH is 1. The van der Waals surface area contributed by atoms with Crippen molar-refractivity contribution in [1.82, 2.24) is 4.57 Å². The van der Waals surface area contributed by atoms with Crippen LogP contribution >= 0.6 is 0 Å². The highest BCUT2D eigenvalue weighted by Crippen LogP contribution is 2.34. The average molecular weight is 255 g/mol. The fourth-order valence-corrected chi connectivity index (χ4v) is 2.59. The lowest BCUT2D eigenvalue weighted by atomic mass is 10.0. The normalized spacial score (nSPS) is 15.5. The van der Waals surface area contributed by atoms with E-state index in [1.54, 1.807) is 6.20 Å². The Morgan fingerprint density at radius 2 is 2.00 bits per heavy atom. The molecule has 1 aromatic heterocycles. The fourth-order valence-electron chi connectivity index (χ4n) is 2.59. The van der Waals surface area contributed by atoms with Crippen molar-refractivity contribution < 1.29 is 14.7 Å². The molecule has 19 heavy (non-hydrogen) atoms. The third kappa shape index (κ3) is 1.68. The Morgan fingerprint density at radius 1 is 1.26 bits per heavy atom. The molecule has 1 aliphatic carbocycles. The molecule has 0 aliphatic heterocycles. The average Bonchev–Trinajstić information content (AvgIpc) is 2.91. The molecule has 1 N–H and O–H groups in total. The topological polar surface area (TPSA) is 59.3 Å². The number of carbonyl (C=O) groups excluding carboxylic acids is 2. The van der Waals surface area contributed by atoms with Crippen molar-refractivity contribution in [3.63, 3.8) is 0 Å². The molecular weight excluding hydrogens is 242 g/mol. The molecule has 4 heteroatoms. The molecule has 0 saturated carbocycles. The summed E-state index contributed by atoms with van der Waals surface area (Å²) < 4.78 is 1.51. The van der Waals surface area contributed by atoms with Crippen LogP contribution in [0.25, 0.3) is 16.5 Å². The first-order chi connectivity index (χ1) is 9.09. The first-order valence-electron chi connectivity index (χ1n) is 6.16. The van der Waals surface area contributed by atoms with Gasteiger partial charge in [0.25, 0.3) is 0 Å². The van der Waals surface area contributed by atoms with E-state index in [9.17, 15) is 14.7 Å². The van der Waals surface area contributed by atoms with Gasteiger partial charge in [0.15, 0.2) is 5.78 Å². The monoisotopic (exact) mass is 255 g/mol. The zero-order valence-corrected chi connectivity index (χ0v) is 10.5. The lowest BCUT2D eigenvalue weighted by Crippen LogP contribution is -2.03. The van der Waals surface area contributed by atoms with Crippen molar-refractivity contribution in [2.45, 2.75) is 19.8 Å². The molecule has 96 valence electrons. The number of para-hydroxylation sites is 1. The SMILES string of the molecule is CC(=O)n1cc(C2=C(O)CCC2=O)c2ccccc21. The summed E-state index contributed by atoms with van der Waals surface area (Å²) in [6, 6.07) is 7.39. The van der Waals surface area contributed by atoms with E-state index >= 15 is 0 Å². The van der Waals surface area contributed by atoms with Crippen LogP contribution in [0, 0.1) is 0 Å². The van der Waals surface area contributed by atoms with Crippen molar-refractivity contribution in [2.75, 3.05) is 0 Å². The summed E-state index contributed by atoms with van der Waals surface area (Å²) in [5.74, 6) is -0.0617. The van der Waals surface area contributed by atoms with Crippen LogP contribution in [0.2, 0.25) is 0 Å². The quantitative estimate of drug-likeness (QED) is 0.852. The van der Waals surface area contributed by atoms with Gasteiger partial charge in [0.2, 0.25) is 5.91 Å². The second kappa shape index (κ2) is 4.09. The zero-order chi connectivity index (χ0) is 13.6. The van der Waals surface area contributed by atoms with Gasteiger partial charge in [-0.2, -0.15) is 0 Å². The number of aromatic nitrogens is 1. The molecule has 3 rings (SSSR count). The fraction of sp³-hybridized carbons (Fsp3) is 0.200. The Kier molecular flexibility index (Phi) is 2.52. The highest BCUT2D eigenvalue weighted by molar-refractivity contribution is 6.26. The molecule has 0 bridgehead atoms. The molecule has 2 aromatic rings. The van der Waals surface area contributed by atoms with Gasteiger partial charge in [-0.25, -0.2) is 0 Å². The molecule has 0 unspecified atom stereocenters. The van der Waals surface area contributed by atoms with Gasteiger partial charge in [-0.1, -0.05) is 18.2 Å². The summed E-state index contributed by atoms with van der Waals surface area (Å²) in [5, 5.41) is 10.7. The summed E-state index contributed by atoms with van der Waals surface area (Å²) in [6.45, 7) is 1.47. The van der Waals surface area contributed by atoms with Crippen LogP contribution in [0.5, 0.6) is 0 Å². The van der Waals surface area contributed by atoms with Gasteiger partial charge < -0.3 is 5.11 Å². The third-order valence-corrected chi connectivity index (χ3v) is 3.48. The minimum atomic E-state index is -0.118. The molecule has 1 heterocycles. The maximum atomic E-state index is 11.9. The number of aliphatic hydroxyl groups is 1. The predicted molar refractivity (Wildman–Crippen MR) is 72.0 cm³/mol. The van der Waals surface area contributed by atoms with Crippen molar-refractivity contribution >= 4 is 28.2 Å². The largest absolute Gasteiger partial charge is 0.512 e. The van der Waals surface area contributed by atoms with Crippen molar-refractivity contribution in [3.05, 3.63) is 41.8 Å². The minimum absolute atomic E-state index is 0.0658. The number of fused-ring (bicyclic) bond motifs is 1. The van der Waals surface area contributed by atoms with E-state index in [1.165, 1.54) is 11.5 Å². The number of carbonyl (C=O) groups is 2. The van der Waals surface area contributed by atoms with E-state index in [0.29, 0.717) is 24.0 Å². The predicted octanol–water partition coefficient (Wildman–Crippen LogP) is 2.93. The maximum absolute atomic E-state index is 11.9. The number of benzene rings is 1. The Bertz CT molecular complexity index is 737. The van der Waals surface area contributed by atoms with Crippen LogP contribution < -0.4 is 0 Å². The number of hydrogen-bond donors (Lipinski definition) is 1. The standard InChI is InChI=1S/C15H13NO3/c1-9(17)16-8-11(10-4-2-3-5-12(10)16)15-13(18)6-7-14(15)19/h2-5,8,18H,6-7H2,1H3. The second-order valence-corrected chi connectivity index (χ2v) is 4.69. The molecule has 0 radical (unpaired) electrons. The Balaban J connectivity index is 2.34. The molecule has 0 atom stereocenters. The first-order valence-corrected chi connectivity index (χ1v) is 6.16. The number of hydrogen-bond acceptors (Lipinski definition) is 3. The van der Waals surface area contributed by atoms with Crippen LogP contribution in [-0.2, 0) is 4.79 Å². The number of ketones is 1. The molecule has 0 fully saturated rings. The molecule has 0 saturated heterocycles. The minimum Gasteiger partial charge on any atom is -0.512 e. The van der Waals surface area contributed by atoms with Crippen molar-refractivity contribution in [1.29, 1.82) is 0 Å². The van der Waals surface area contributed by atoms with Gasteiger partial charge in [0.1, 0.15) is 5.76 Å². The number of allylic oxidation sites excluding steroid dienone is 2. The van der Waals surface area contributed by atoms with Crippen molar-refractivity contribution in [2.24, 2.45) is 0 Å². The highest BCUT2D eigenvalue weighted by atomic mass is 16.3. The Morgan fingerprint density at radius 3 is 2.63 bits per heavy atom. The Hall–Kier alpha value is -2.36. The summed E-state index contributed by atoms with van der Waals surface area (Å²) in [4.78, 5) is 23.5. The summed E-state index contributed by atoms with van der Waals surface area (Å²) in [7, 11) is 0. The molecule has 1 aliphatic rings. The van der Waals surface area contributed by atoms with Crippen LogP contribution in [-0.4, -0.2) is 21.4 Å². The van der Waals surface area contributed by atoms with E-state index in [4.69, 9.17) is 0 Å². The maximum Gasteiger partial charge on any atom is 0.227 e. The van der Waals surface area contributed by atoms with Crippen LogP contribution in [0.4, 0.5) is 0 Å². The number of Topliss-reactive ketones (excluding diaryl/α,β-unsaturated/α-hetero) is 1. The zero-order valence-electron chi connectivity index (χ0n) is 10.5. The second-order valence-electron chi connectivity index (χ2n) is 4.69. The van der Waals surface area contributed by atoms with E-state index in [2.05, 4.69) is 0 Å². The van der Waals surface area contributed by atoms with Crippen LogP contribution in [0.15, 0.2) is 36.2 Å². The van der Waals surface area contributed by atoms with Gasteiger partial charge in [-0.3, -0.25) is 14.2 Å². The lowest BCUT2D eigenvalue weighted by Gasteiger charge is -1.99. The molecule has 0 spiro atoms. The van der Waals surface area contributed by atoms with E-state index in [0.717, 1.165) is 10.9 Å². The first kappa shape index (κ1) is 11.7. The lowest BCUT2D eigenvalue weighted by molar-refractivity contribution is -0.113. The van der Waals surface area contributed by atoms with Gasteiger partial charge in [-0.15, -0.1) is 0 Å². The van der Waals surface area contributed by atoms with E-state index < -0.39 is 0 Å². The molecule has 1 aromatic carbocycles. The third-order valence-electron chi connectivity index (χ3n) is 3.48. The van der Waals surface area contributed by atoms with Crippen LogP contribution in [0.3, 0.4) is 0 Å². The molecule has 4 nitrogen and oxygen atoms in total. The number of rotatable bonds is 1. The van der Waals surface area contributed by atoms with E-state index in [1.807, 2.05) is 24.3 Å². The van der Waals surface area contributed by atoms with Crippen LogP contribution in [0.1, 0.15) is 30.1 Å². The highest BCUT2D eigenvalue weighted by Gasteiger charge is 2.27. The van der Waals surface area contributed by atoms with Gasteiger partial charge in [0, 0.05) is 36.9 Å². The van der Waals surface area contributed by atoms with Gasteiger partial charge in [-0.05, 0) is 6.07 Å². The smallest absolute Gasteiger partial charge is 0.227 e.